The fourth-order valence-corrected chi connectivity index (χ4v) is 7.25. The molecule has 234 valence electrons. The molecule has 0 bridgehead atoms. The number of nitrogens with zero attached hydrogens (tertiary/aromatic N) is 2. The minimum absolute atomic E-state index is 0.0333. The third-order valence-corrected chi connectivity index (χ3v) is 13.7. The summed E-state index contributed by atoms with van der Waals surface area (Å²) >= 11 is 0. The maximum Gasteiger partial charge on any atom is 0.417 e. The van der Waals surface area contributed by atoms with Crippen molar-refractivity contribution in [1.82, 2.24) is 4.98 Å². The van der Waals surface area contributed by atoms with E-state index in [1.54, 1.807) is 6.07 Å². The summed E-state index contributed by atoms with van der Waals surface area (Å²) in [6, 6.07) is 5.00. The Balaban J connectivity index is 2.05. The van der Waals surface area contributed by atoms with Gasteiger partial charge in [0.25, 0.3) is 0 Å². The minimum atomic E-state index is -4.68. The van der Waals surface area contributed by atoms with Crippen LogP contribution in [0.25, 0.3) is 5.57 Å². The SMILES string of the molecule is CC(C)c1nc2c(c(C3=CCOCC3)c1[C@H](O)c1ccc(C(F)(F)F)c(C#N)c1)[C@@H](O[Si](C)(C)C(C)(C)C)CC(C)(C)C2. The van der Waals surface area contributed by atoms with Crippen molar-refractivity contribution in [3.63, 3.8) is 0 Å². The lowest BCUT2D eigenvalue weighted by molar-refractivity contribution is -0.137. The van der Waals surface area contributed by atoms with E-state index in [9.17, 15) is 23.5 Å². The highest BCUT2D eigenvalue weighted by molar-refractivity contribution is 6.74. The van der Waals surface area contributed by atoms with Crippen LogP contribution in [0, 0.1) is 16.7 Å². The molecule has 0 fully saturated rings. The summed E-state index contributed by atoms with van der Waals surface area (Å²) in [5, 5.41) is 21.6. The molecule has 1 N–H and O–H groups in total. The van der Waals surface area contributed by atoms with Gasteiger partial charge in [0.1, 0.15) is 6.10 Å². The van der Waals surface area contributed by atoms with Crippen LogP contribution in [0.5, 0.6) is 0 Å². The molecule has 2 atom stereocenters. The first-order valence-corrected chi connectivity index (χ1v) is 18.0. The van der Waals surface area contributed by atoms with E-state index < -0.39 is 31.7 Å². The van der Waals surface area contributed by atoms with E-state index in [-0.39, 0.29) is 28.0 Å². The van der Waals surface area contributed by atoms with Gasteiger partial charge in [-0.1, -0.05) is 60.6 Å². The van der Waals surface area contributed by atoms with Gasteiger partial charge in [-0.25, -0.2) is 0 Å². The van der Waals surface area contributed by atoms with Crippen molar-refractivity contribution in [2.24, 2.45) is 5.41 Å². The van der Waals surface area contributed by atoms with E-state index in [2.05, 4.69) is 47.7 Å². The maximum atomic E-state index is 13.6. The molecule has 1 aromatic carbocycles. The summed E-state index contributed by atoms with van der Waals surface area (Å²) in [6.45, 7) is 20.5. The van der Waals surface area contributed by atoms with Crippen molar-refractivity contribution >= 4 is 13.9 Å². The molecule has 1 aliphatic heterocycles. The zero-order valence-corrected chi connectivity index (χ0v) is 27.9. The number of alkyl halides is 3. The number of ether oxygens (including phenoxy) is 1. The number of aliphatic hydroxyl groups excluding tert-OH is 1. The Bertz CT molecular complexity index is 1450. The van der Waals surface area contributed by atoms with Crippen LogP contribution in [0.15, 0.2) is 24.3 Å². The Morgan fingerprint density at radius 3 is 2.40 bits per heavy atom. The molecule has 1 aliphatic carbocycles. The maximum absolute atomic E-state index is 13.6. The Labute approximate surface area is 255 Å². The quantitative estimate of drug-likeness (QED) is 0.329. The smallest absolute Gasteiger partial charge is 0.410 e. The second kappa shape index (κ2) is 11.8. The molecule has 0 saturated heterocycles. The first-order chi connectivity index (χ1) is 19.8. The number of pyridine rings is 1. The summed E-state index contributed by atoms with van der Waals surface area (Å²) in [4.78, 5) is 5.22. The monoisotopic (exact) mass is 614 g/mol. The molecular weight excluding hydrogens is 569 g/mol. The van der Waals surface area contributed by atoms with Gasteiger partial charge in [-0.3, -0.25) is 4.98 Å². The standard InChI is InChI=1S/C34H45F3N2O3Si/c1-20(2)30-29(31(40)22-10-11-24(34(35,36)37)23(16-22)19-38)27(21-12-14-41-15-13-21)28-25(39-30)17-33(6,7)18-26(28)42-43(8,9)32(3,4)5/h10-12,16,20,26,31,40H,13-15,17-18H2,1-9H3/t26-,31+/m0/s1. The summed E-state index contributed by atoms with van der Waals surface area (Å²) in [5.74, 6) is -0.0798. The lowest BCUT2D eigenvalue weighted by Gasteiger charge is -2.45. The molecule has 2 aromatic rings. The van der Waals surface area contributed by atoms with Gasteiger partial charge in [0.05, 0.1) is 36.5 Å². The lowest BCUT2D eigenvalue weighted by Crippen LogP contribution is -2.44. The van der Waals surface area contributed by atoms with Gasteiger partial charge in [0, 0.05) is 22.5 Å². The van der Waals surface area contributed by atoms with Gasteiger partial charge in [-0.05, 0) is 77.6 Å². The van der Waals surface area contributed by atoms with Crippen LogP contribution < -0.4 is 0 Å². The molecule has 2 aliphatic rings. The first kappa shape index (κ1) is 33.4. The van der Waals surface area contributed by atoms with E-state index in [0.717, 1.165) is 47.4 Å². The summed E-state index contributed by atoms with van der Waals surface area (Å²) in [6.07, 6.45) is -2.06. The van der Waals surface area contributed by atoms with Crippen LogP contribution in [-0.4, -0.2) is 31.6 Å². The third-order valence-electron chi connectivity index (χ3n) is 9.22. The normalized spacial score (nSPS) is 19.9. The van der Waals surface area contributed by atoms with Crippen LogP contribution >= 0.6 is 0 Å². The zero-order chi connectivity index (χ0) is 32.1. The van der Waals surface area contributed by atoms with E-state index in [0.29, 0.717) is 30.9 Å². The molecule has 0 radical (unpaired) electrons. The van der Waals surface area contributed by atoms with Crippen molar-refractivity contribution in [2.45, 2.75) is 110 Å². The van der Waals surface area contributed by atoms with Crippen molar-refractivity contribution in [2.75, 3.05) is 13.2 Å². The molecule has 2 heterocycles. The van der Waals surface area contributed by atoms with Gasteiger partial charge in [0.2, 0.25) is 0 Å². The number of halogens is 3. The van der Waals surface area contributed by atoms with E-state index in [4.69, 9.17) is 14.1 Å². The fraction of sp³-hybridized carbons (Fsp3) is 0.588. The second-order valence-electron chi connectivity index (χ2n) is 14.6. The van der Waals surface area contributed by atoms with Crippen molar-refractivity contribution in [3.8, 4) is 6.07 Å². The molecule has 43 heavy (non-hydrogen) atoms. The number of aromatic nitrogens is 1. The predicted molar refractivity (Wildman–Crippen MR) is 165 cm³/mol. The summed E-state index contributed by atoms with van der Waals surface area (Å²) in [7, 11) is -2.25. The number of hydrogen-bond donors (Lipinski definition) is 1. The number of benzene rings is 1. The number of fused-ring (bicyclic) bond motifs is 1. The molecular formula is C34H45F3N2O3Si. The third kappa shape index (κ3) is 6.78. The van der Waals surface area contributed by atoms with Gasteiger partial charge < -0.3 is 14.3 Å². The fourth-order valence-electron chi connectivity index (χ4n) is 5.98. The Hall–Kier alpha value is -2.51. The number of aliphatic hydroxyl groups is 1. The van der Waals surface area contributed by atoms with E-state index in [1.165, 1.54) is 6.07 Å². The van der Waals surface area contributed by atoms with Crippen LogP contribution in [-0.2, 0) is 21.8 Å². The molecule has 0 unspecified atom stereocenters. The number of rotatable bonds is 6. The van der Waals surface area contributed by atoms with Crippen LogP contribution in [0.1, 0.15) is 124 Å². The van der Waals surface area contributed by atoms with Crippen LogP contribution in [0.2, 0.25) is 18.1 Å². The Morgan fingerprint density at radius 2 is 1.86 bits per heavy atom. The average molecular weight is 615 g/mol. The molecule has 0 amide bonds. The molecule has 0 saturated carbocycles. The Morgan fingerprint density at radius 1 is 1.19 bits per heavy atom. The highest BCUT2D eigenvalue weighted by Crippen LogP contribution is 2.51. The van der Waals surface area contributed by atoms with Crippen molar-refractivity contribution in [3.05, 3.63) is 69.0 Å². The first-order valence-electron chi connectivity index (χ1n) is 15.1. The van der Waals surface area contributed by atoms with E-state index in [1.807, 2.05) is 19.9 Å². The van der Waals surface area contributed by atoms with Crippen molar-refractivity contribution < 1.29 is 27.4 Å². The molecule has 1 aromatic heterocycles. The largest absolute Gasteiger partial charge is 0.417 e. The van der Waals surface area contributed by atoms with Crippen molar-refractivity contribution in [1.29, 1.82) is 5.26 Å². The summed E-state index contributed by atoms with van der Waals surface area (Å²) in [5.41, 5.74) is 3.72. The average Bonchev–Trinajstić information content (AvgIpc) is 2.89. The predicted octanol–water partition coefficient (Wildman–Crippen LogP) is 9.02. The minimum Gasteiger partial charge on any atom is -0.410 e. The van der Waals surface area contributed by atoms with Gasteiger partial charge in [-0.15, -0.1) is 0 Å². The highest BCUT2D eigenvalue weighted by atomic mass is 28.4. The number of nitriles is 1. The molecule has 4 rings (SSSR count). The molecule has 5 nitrogen and oxygen atoms in total. The van der Waals surface area contributed by atoms with Gasteiger partial charge >= 0.3 is 6.18 Å². The topological polar surface area (TPSA) is 75.4 Å². The second-order valence-corrected chi connectivity index (χ2v) is 19.3. The summed E-state index contributed by atoms with van der Waals surface area (Å²) < 4.78 is 53.7. The van der Waals surface area contributed by atoms with Gasteiger partial charge in [-0.2, -0.15) is 18.4 Å². The Kier molecular flexibility index (Phi) is 9.14. The lowest BCUT2D eigenvalue weighted by atomic mass is 9.71. The van der Waals surface area contributed by atoms with Crippen LogP contribution in [0.4, 0.5) is 13.2 Å². The number of hydrogen-bond acceptors (Lipinski definition) is 5. The molecule has 9 heteroatoms. The van der Waals surface area contributed by atoms with Gasteiger partial charge in [0.15, 0.2) is 8.32 Å². The van der Waals surface area contributed by atoms with E-state index >= 15 is 0 Å². The zero-order valence-electron chi connectivity index (χ0n) is 26.9. The van der Waals surface area contributed by atoms with Crippen LogP contribution in [0.3, 0.4) is 0 Å². The highest BCUT2D eigenvalue weighted by Gasteiger charge is 2.45. The molecule has 0 spiro atoms.